The zero-order valence-electron chi connectivity index (χ0n) is 25.4. The molecule has 0 bridgehead atoms. The van der Waals surface area contributed by atoms with Gasteiger partial charge < -0.3 is 23.8 Å². The predicted molar refractivity (Wildman–Crippen MR) is 161 cm³/mol. The summed E-state index contributed by atoms with van der Waals surface area (Å²) in [6.07, 6.45) is 6.62. The van der Waals surface area contributed by atoms with Gasteiger partial charge >= 0.3 is 12.1 Å². The van der Waals surface area contributed by atoms with Crippen LogP contribution in [0, 0.1) is 11.2 Å². The quantitative estimate of drug-likeness (QED) is 0.296. The van der Waals surface area contributed by atoms with Crippen molar-refractivity contribution < 1.29 is 23.5 Å². The molecule has 12 heteroatoms. The van der Waals surface area contributed by atoms with E-state index in [1.807, 2.05) is 37.5 Å². The number of halogens is 1. The molecule has 2 fully saturated rings. The SMILES string of the molecule is CCOC(=O)C(c1ncn2c1CCC2)n1cc2ccc(-c3ccc(N4CC5(CN(C(=O)OC(C)(C)C)C5)C4)nc3)c(F)c2n1. The van der Waals surface area contributed by atoms with Gasteiger partial charge in [-0.05, 0) is 52.7 Å². The molecule has 1 amide bonds. The van der Waals surface area contributed by atoms with E-state index < -0.39 is 23.4 Å². The molecule has 3 aliphatic heterocycles. The van der Waals surface area contributed by atoms with Crippen LogP contribution >= 0.6 is 0 Å². The minimum absolute atomic E-state index is 0.0747. The minimum atomic E-state index is -0.896. The molecule has 1 unspecified atom stereocenters. The fourth-order valence-electron chi connectivity index (χ4n) is 6.60. The van der Waals surface area contributed by atoms with E-state index in [0.717, 1.165) is 44.0 Å². The van der Waals surface area contributed by atoms with Gasteiger partial charge in [-0.15, -0.1) is 0 Å². The number of benzene rings is 1. The van der Waals surface area contributed by atoms with Crippen LogP contribution in [0.5, 0.6) is 0 Å². The molecule has 230 valence electrons. The van der Waals surface area contributed by atoms with Gasteiger partial charge in [0.1, 0.15) is 16.9 Å². The zero-order chi connectivity index (χ0) is 30.8. The Morgan fingerprint density at radius 3 is 2.59 bits per heavy atom. The van der Waals surface area contributed by atoms with E-state index in [-0.39, 0.29) is 23.6 Å². The highest BCUT2D eigenvalue weighted by Crippen LogP contribution is 2.42. The maximum atomic E-state index is 15.9. The molecular formula is C32H36FN7O4. The number of nitrogens with zero attached hydrogens (tertiary/aromatic N) is 7. The second kappa shape index (κ2) is 10.3. The fraction of sp³-hybridized carbons (Fsp3) is 0.469. The van der Waals surface area contributed by atoms with Crippen molar-refractivity contribution in [3.8, 4) is 11.1 Å². The summed E-state index contributed by atoms with van der Waals surface area (Å²) in [6, 6.07) is 6.37. The lowest BCUT2D eigenvalue weighted by Crippen LogP contribution is -2.73. The van der Waals surface area contributed by atoms with Gasteiger partial charge in [-0.2, -0.15) is 5.10 Å². The first kappa shape index (κ1) is 28.3. The zero-order valence-corrected chi connectivity index (χ0v) is 25.4. The van der Waals surface area contributed by atoms with Crippen molar-refractivity contribution in [3.63, 3.8) is 0 Å². The average molecular weight is 602 g/mol. The summed E-state index contributed by atoms with van der Waals surface area (Å²) >= 11 is 0. The first-order valence-corrected chi connectivity index (χ1v) is 15.1. The van der Waals surface area contributed by atoms with Crippen LogP contribution in [0.3, 0.4) is 0 Å². The molecule has 3 aromatic heterocycles. The number of aromatic nitrogens is 5. The maximum absolute atomic E-state index is 15.9. The van der Waals surface area contributed by atoms with E-state index in [1.165, 1.54) is 4.68 Å². The van der Waals surface area contributed by atoms with Crippen LogP contribution in [0.25, 0.3) is 22.0 Å². The number of amides is 1. The minimum Gasteiger partial charge on any atom is -0.464 e. The number of carbonyl (C=O) groups is 2. The summed E-state index contributed by atoms with van der Waals surface area (Å²) in [5.74, 6) is -0.139. The largest absolute Gasteiger partial charge is 0.464 e. The Morgan fingerprint density at radius 2 is 1.89 bits per heavy atom. The number of pyridine rings is 1. The monoisotopic (exact) mass is 601 g/mol. The summed E-state index contributed by atoms with van der Waals surface area (Å²) in [5, 5.41) is 5.12. The van der Waals surface area contributed by atoms with Crippen LogP contribution < -0.4 is 4.90 Å². The number of rotatable bonds is 6. The second-order valence-corrected chi connectivity index (χ2v) is 13.1. The van der Waals surface area contributed by atoms with Gasteiger partial charge in [0, 0.05) is 72.7 Å². The second-order valence-electron chi connectivity index (χ2n) is 13.1. The average Bonchev–Trinajstić information content (AvgIpc) is 3.65. The highest BCUT2D eigenvalue weighted by molar-refractivity contribution is 5.86. The molecule has 0 radical (unpaired) electrons. The normalized spacial score (nSPS) is 17.8. The summed E-state index contributed by atoms with van der Waals surface area (Å²) in [6.45, 7) is 11.4. The molecule has 7 rings (SSSR count). The molecular weight excluding hydrogens is 565 g/mol. The lowest BCUT2D eigenvalue weighted by atomic mass is 9.73. The fourth-order valence-corrected chi connectivity index (χ4v) is 6.60. The number of esters is 1. The standard InChI is InChI=1S/C32H36FN7O4/c1-5-43-29(41)28(27-23-7-6-12-37(23)19-35-27)40-14-21-8-10-22(25(33)26(21)36-40)20-9-11-24(34-13-20)38-15-32(16-38)17-39(18-32)30(42)44-31(2,3)4/h8-11,13-14,19,28H,5-7,12,15-18H2,1-4H3. The molecule has 1 spiro atoms. The van der Waals surface area contributed by atoms with Crippen molar-refractivity contribution in [1.82, 2.24) is 29.2 Å². The molecule has 1 atom stereocenters. The van der Waals surface area contributed by atoms with E-state index in [1.54, 1.807) is 42.7 Å². The third-order valence-electron chi connectivity index (χ3n) is 8.60. The topological polar surface area (TPSA) is 108 Å². The van der Waals surface area contributed by atoms with Crippen LogP contribution in [-0.2, 0) is 27.2 Å². The third kappa shape index (κ3) is 4.86. The number of hydrogen-bond donors (Lipinski definition) is 0. The lowest BCUT2D eigenvalue weighted by molar-refractivity contribution is -0.146. The Hall–Kier alpha value is -4.48. The van der Waals surface area contributed by atoms with Crippen molar-refractivity contribution in [2.45, 2.75) is 58.7 Å². The summed E-state index contributed by atoms with van der Waals surface area (Å²) in [5.41, 5.74) is 2.33. The summed E-state index contributed by atoms with van der Waals surface area (Å²) < 4.78 is 30.3. The molecule has 44 heavy (non-hydrogen) atoms. The number of aryl methyl sites for hydroxylation is 1. The van der Waals surface area contributed by atoms with E-state index in [2.05, 4.69) is 20.0 Å². The van der Waals surface area contributed by atoms with Crippen LogP contribution in [0.1, 0.15) is 51.5 Å². The van der Waals surface area contributed by atoms with Crippen LogP contribution in [0.2, 0.25) is 0 Å². The molecule has 1 aromatic carbocycles. The Morgan fingerprint density at radius 1 is 1.09 bits per heavy atom. The van der Waals surface area contributed by atoms with Gasteiger partial charge in [-0.1, -0.05) is 12.1 Å². The van der Waals surface area contributed by atoms with Gasteiger partial charge in [0.2, 0.25) is 0 Å². The van der Waals surface area contributed by atoms with Crippen molar-refractivity contribution in [3.05, 3.63) is 60.2 Å². The highest BCUT2D eigenvalue weighted by atomic mass is 19.1. The third-order valence-corrected chi connectivity index (χ3v) is 8.60. The van der Waals surface area contributed by atoms with E-state index >= 15 is 4.39 Å². The van der Waals surface area contributed by atoms with Crippen LogP contribution in [-0.4, -0.2) is 79.7 Å². The van der Waals surface area contributed by atoms with Crippen LogP contribution in [0.15, 0.2) is 43.0 Å². The van der Waals surface area contributed by atoms with Gasteiger partial charge in [-0.25, -0.2) is 23.9 Å². The number of imidazole rings is 1. The van der Waals surface area contributed by atoms with Gasteiger partial charge in [0.15, 0.2) is 11.9 Å². The molecule has 11 nitrogen and oxygen atoms in total. The van der Waals surface area contributed by atoms with E-state index in [0.29, 0.717) is 35.3 Å². The molecule has 0 saturated carbocycles. The van der Waals surface area contributed by atoms with Crippen molar-refractivity contribution in [2.75, 3.05) is 37.7 Å². The van der Waals surface area contributed by atoms with E-state index in [9.17, 15) is 9.59 Å². The van der Waals surface area contributed by atoms with Crippen LogP contribution in [0.4, 0.5) is 15.0 Å². The highest BCUT2D eigenvalue weighted by Gasteiger charge is 2.54. The summed E-state index contributed by atoms with van der Waals surface area (Å²) in [4.78, 5) is 38.5. The molecule has 4 aromatic rings. The predicted octanol–water partition coefficient (Wildman–Crippen LogP) is 4.59. The van der Waals surface area contributed by atoms with E-state index in [4.69, 9.17) is 9.47 Å². The maximum Gasteiger partial charge on any atom is 0.410 e. The smallest absolute Gasteiger partial charge is 0.410 e. The Labute approximate surface area is 254 Å². The number of ether oxygens (including phenoxy) is 2. The molecule has 3 aliphatic rings. The Kier molecular flexibility index (Phi) is 6.63. The number of carbonyl (C=O) groups excluding carboxylic acids is 2. The van der Waals surface area contributed by atoms with Gasteiger partial charge in [-0.3, -0.25) is 4.68 Å². The lowest BCUT2D eigenvalue weighted by Gasteiger charge is -2.60. The Bertz CT molecular complexity index is 1740. The van der Waals surface area contributed by atoms with Crippen molar-refractivity contribution >= 4 is 28.8 Å². The molecule has 0 N–H and O–H groups in total. The number of fused-ring (bicyclic) bond motifs is 2. The number of likely N-dealkylation sites (tertiary alicyclic amines) is 1. The first-order valence-electron chi connectivity index (χ1n) is 15.1. The van der Waals surface area contributed by atoms with Crippen molar-refractivity contribution in [2.24, 2.45) is 5.41 Å². The van der Waals surface area contributed by atoms with Crippen molar-refractivity contribution in [1.29, 1.82) is 0 Å². The number of anilines is 1. The molecule has 0 aliphatic carbocycles. The number of hydrogen-bond acceptors (Lipinski definition) is 8. The van der Waals surface area contributed by atoms with Gasteiger partial charge in [0.25, 0.3) is 0 Å². The summed E-state index contributed by atoms with van der Waals surface area (Å²) in [7, 11) is 0. The van der Waals surface area contributed by atoms with Gasteiger partial charge in [0.05, 0.1) is 18.6 Å². The first-order chi connectivity index (χ1) is 21.0. The molecule has 6 heterocycles. The molecule has 2 saturated heterocycles. The Balaban J connectivity index is 1.07.